The molecule has 0 aromatic heterocycles. The van der Waals surface area contributed by atoms with Gasteiger partial charge in [0.2, 0.25) is 0 Å². The Morgan fingerprint density at radius 1 is 1.24 bits per heavy atom. The highest BCUT2D eigenvalue weighted by Crippen LogP contribution is 2.52. The van der Waals surface area contributed by atoms with Crippen molar-refractivity contribution < 1.29 is 0 Å². The van der Waals surface area contributed by atoms with Crippen molar-refractivity contribution in [1.29, 1.82) is 0 Å². The maximum atomic E-state index is 5.61. The van der Waals surface area contributed by atoms with Crippen LogP contribution < -0.4 is 0 Å². The summed E-state index contributed by atoms with van der Waals surface area (Å²) in [5, 5.41) is 0. The molecular weight excluding hydrogens is 226 g/mol. The first kappa shape index (κ1) is 11.2. The first-order valence-corrected chi connectivity index (χ1v) is 6.79. The van der Waals surface area contributed by atoms with Gasteiger partial charge in [-0.1, -0.05) is 57.3 Å². The summed E-state index contributed by atoms with van der Waals surface area (Å²) in [6.45, 7) is 8.02. The van der Waals surface area contributed by atoms with Crippen LogP contribution in [0.25, 0.3) is 0 Å². The van der Waals surface area contributed by atoms with E-state index in [2.05, 4.69) is 49.9 Å². The summed E-state index contributed by atoms with van der Waals surface area (Å²) >= 11 is 5.61. The first-order valence-electron chi connectivity index (χ1n) is 6.38. The molecule has 0 saturated carbocycles. The lowest BCUT2D eigenvalue weighted by molar-refractivity contribution is 0.0907. The maximum Gasteiger partial charge on any atom is 0.0845 e. The van der Waals surface area contributed by atoms with Crippen molar-refractivity contribution in [2.75, 3.05) is 6.54 Å². The molecule has 1 aromatic rings. The Morgan fingerprint density at radius 2 is 1.94 bits per heavy atom. The Balaban J connectivity index is 2.03. The molecule has 0 unspecified atom stereocenters. The van der Waals surface area contributed by atoms with Crippen LogP contribution in [0.5, 0.6) is 0 Å². The standard InChI is InChI=1S/C15H19NS/c1-15(2,3)12-13-11-7-5-4-6-10(11)8-9-16(13)14(12)17/h4-7,12-13H,8-9H2,1-3H3/t12-,13-/m1/s1. The van der Waals surface area contributed by atoms with Gasteiger partial charge in [-0.3, -0.25) is 0 Å². The van der Waals surface area contributed by atoms with Crippen LogP contribution >= 0.6 is 12.2 Å². The van der Waals surface area contributed by atoms with E-state index in [0.29, 0.717) is 12.0 Å². The van der Waals surface area contributed by atoms with E-state index in [-0.39, 0.29) is 5.41 Å². The second-order valence-electron chi connectivity index (χ2n) is 6.27. The largest absolute Gasteiger partial charge is 0.358 e. The minimum absolute atomic E-state index is 0.267. The molecule has 17 heavy (non-hydrogen) atoms. The lowest BCUT2D eigenvalue weighted by atomic mass is 9.66. The van der Waals surface area contributed by atoms with E-state index in [4.69, 9.17) is 12.2 Å². The molecule has 90 valence electrons. The molecule has 3 rings (SSSR count). The highest BCUT2D eigenvalue weighted by Gasteiger charge is 2.51. The average Bonchev–Trinajstić information content (AvgIpc) is 2.25. The first-order chi connectivity index (χ1) is 8.00. The summed E-state index contributed by atoms with van der Waals surface area (Å²) in [5.74, 6) is 0.527. The van der Waals surface area contributed by atoms with E-state index in [9.17, 15) is 0 Å². The minimum atomic E-state index is 0.267. The van der Waals surface area contributed by atoms with Crippen molar-refractivity contribution >= 4 is 17.2 Å². The number of fused-ring (bicyclic) bond motifs is 3. The third-order valence-corrected chi connectivity index (χ3v) is 4.62. The topological polar surface area (TPSA) is 3.24 Å². The molecule has 0 spiro atoms. The zero-order chi connectivity index (χ0) is 12.2. The SMILES string of the molecule is CC(C)(C)[C@H]1C(=S)N2CCc3ccccc3[C@H]12. The van der Waals surface area contributed by atoms with Gasteiger partial charge in [-0.15, -0.1) is 0 Å². The van der Waals surface area contributed by atoms with Gasteiger partial charge in [0, 0.05) is 12.5 Å². The van der Waals surface area contributed by atoms with E-state index in [1.165, 1.54) is 16.1 Å². The van der Waals surface area contributed by atoms with Gasteiger partial charge >= 0.3 is 0 Å². The number of hydrogen-bond acceptors (Lipinski definition) is 1. The zero-order valence-electron chi connectivity index (χ0n) is 10.7. The molecule has 1 nitrogen and oxygen atoms in total. The molecule has 2 heterocycles. The predicted molar refractivity (Wildman–Crippen MR) is 75.1 cm³/mol. The fourth-order valence-corrected chi connectivity index (χ4v) is 3.97. The van der Waals surface area contributed by atoms with Crippen LogP contribution in [0.15, 0.2) is 24.3 Å². The number of benzene rings is 1. The summed E-state index contributed by atoms with van der Waals surface area (Å²) in [4.78, 5) is 3.60. The summed E-state index contributed by atoms with van der Waals surface area (Å²) in [6.07, 6.45) is 1.14. The van der Waals surface area contributed by atoms with Crippen molar-refractivity contribution in [2.45, 2.75) is 33.2 Å². The highest BCUT2D eigenvalue weighted by atomic mass is 32.1. The third kappa shape index (κ3) is 1.54. The van der Waals surface area contributed by atoms with E-state index >= 15 is 0 Å². The van der Waals surface area contributed by atoms with Gasteiger partial charge in [-0.2, -0.15) is 0 Å². The molecule has 0 radical (unpaired) electrons. The lowest BCUT2D eigenvalue weighted by Crippen LogP contribution is -2.60. The van der Waals surface area contributed by atoms with Gasteiger partial charge in [0.25, 0.3) is 0 Å². The fourth-order valence-electron chi connectivity index (χ4n) is 3.28. The number of thiocarbonyl (C=S) groups is 1. The fraction of sp³-hybridized carbons (Fsp3) is 0.533. The Hall–Kier alpha value is -0.890. The minimum Gasteiger partial charge on any atom is -0.358 e. The van der Waals surface area contributed by atoms with Gasteiger partial charge in [0.05, 0.1) is 11.0 Å². The van der Waals surface area contributed by atoms with E-state index in [0.717, 1.165) is 13.0 Å². The van der Waals surface area contributed by atoms with E-state index in [1.54, 1.807) is 0 Å². The molecule has 2 atom stereocenters. The van der Waals surface area contributed by atoms with Crippen LogP contribution in [0.3, 0.4) is 0 Å². The second-order valence-corrected chi connectivity index (χ2v) is 6.69. The van der Waals surface area contributed by atoms with Crippen LogP contribution in [0.1, 0.15) is 37.9 Å². The number of nitrogens with zero attached hydrogens (tertiary/aromatic N) is 1. The second kappa shape index (κ2) is 3.55. The number of hydrogen-bond donors (Lipinski definition) is 0. The predicted octanol–water partition coefficient (Wildman–Crippen LogP) is 3.59. The van der Waals surface area contributed by atoms with Gasteiger partial charge in [0.1, 0.15) is 0 Å². The molecule has 1 fully saturated rings. The quantitative estimate of drug-likeness (QED) is 0.643. The molecule has 0 amide bonds. The Kier molecular flexibility index (Phi) is 2.34. The smallest absolute Gasteiger partial charge is 0.0845 e. The summed E-state index contributed by atoms with van der Waals surface area (Å²) in [5.41, 5.74) is 3.29. The van der Waals surface area contributed by atoms with Crippen LogP contribution in [0, 0.1) is 11.3 Å². The van der Waals surface area contributed by atoms with Crippen molar-refractivity contribution in [3.63, 3.8) is 0 Å². The molecule has 0 N–H and O–H groups in total. The molecular formula is C15H19NS. The molecule has 2 heteroatoms. The van der Waals surface area contributed by atoms with Crippen LogP contribution in [-0.2, 0) is 6.42 Å². The highest BCUT2D eigenvalue weighted by molar-refractivity contribution is 7.80. The van der Waals surface area contributed by atoms with Gasteiger partial charge in [-0.05, 0) is 23.0 Å². The molecule has 0 bridgehead atoms. The molecule has 2 aliphatic heterocycles. The Bertz CT molecular complexity index is 472. The average molecular weight is 245 g/mol. The van der Waals surface area contributed by atoms with Crippen molar-refractivity contribution in [1.82, 2.24) is 4.90 Å². The van der Waals surface area contributed by atoms with Crippen molar-refractivity contribution in [2.24, 2.45) is 11.3 Å². The van der Waals surface area contributed by atoms with Gasteiger partial charge in [-0.25, -0.2) is 0 Å². The van der Waals surface area contributed by atoms with Crippen LogP contribution in [0.2, 0.25) is 0 Å². The van der Waals surface area contributed by atoms with Crippen molar-refractivity contribution in [3.8, 4) is 0 Å². The summed E-state index contributed by atoms with van der Waals surface area (Å²) in [6, 6.07) is 9.40. The Labute approximate surface area is 109 Å². The normalized spacial score (nSPS) is 27.2. The number of rotatable bonds is 0. The van der Waals surface area contributed by atoms with Crippen LogP contribution in [0.4, 0.5) is 0 Å². The lowest BCUT2D eigenvalue weighted by Gasteiger charge is -2.57. The summed E-state index contributed by atoms with van der Waals surface area (Å²) in [7, 11) is 0. The van der Waals surface area contributed by atoms with Gasteiger partial charge in [0.15, 0.2) is 0 Å². The monoisotopic (exact) mass is 245 g/mol. The van der Waals surface area contributed by atoms with E-state index in [1.807, 2.05) is 0 Å². The van der Waals surface area contributed by atoms with E-state index < -0.39 is 0 Å². The molecule has 1 aromatic carbocycles. The molecule has 2 aliphatic rings. The van der Waals surface area contributed by atoms with Gasteiger partial charge < -0.3 is 4.90 Å². The maximum absolute atomic E-state index is 5.61. The van der Waals surface area contributed by atoms with Crippen LogP contribution in [-0.4, -0.2) is 16.4 Å². The summed E-state index contributed by atoms with van der Waals surface area (Å²) < 4.78 is 0. The Morgan fingerprint density at radius 3 is 2.65 bits per heavy atom. The molecule has 1 saturated heterocycles. The van der Waals surface area contributed by atoms with Crippen molar-refractivity contribution in [3.05, 3.63) is 35.4 Å². The zero-order valence-corrected chi connectivity index (χ0v) is 11.6. The molecule has 0 aliphatic carbocycles. The third-order valence-electron chi connectivity index (χ3n) is 4.13.